The van der Waals surface area contributed by atoms with Gasteiger partial charge in [-0.05, 0) is 44.6 Å². The Bertz CT molecular complexity index is 909. The normalized spacial score (nSPS) is 18.7. The number of amides is 2. The van der Waals surface area contributed by atoms with Crippen LogP contribution < -0.4 is 21.9 Å². The molecular weight excluding hydrogens is 471 g/mol. The zero-order chi connectivity index (χ0) is 25.7. The second kappa shape index (κ2) is 14.6. The minimum Gasteiger partial charge on any atom is -0.370 e. The third-order valence-electron chi connectivity index (χ3n) is 5.52. The molecule has 12 heteroatoms. The van der Waals surface area contributed by atoms with Crippen LogP contribution in [0.3, 0.4) is 0 Å². The van der Waals surface area contributed by atoms with E-state index in [1.165, 1.54) is 4.90 Å². The summed E-state index contributed by atoms with van der Waals surface area (Å²) in [6.07, 6.45) is 3.65. The monoisotopic (exact) mass is 508 g/mol. The molecule has 1 aliphatic rings. The molecule has 0 bridgehead atoms. The van der Waals surface area contributed by atoms with E-state index in [9.17, 15) is 18.9 Å². The topological polar surface area (TPSA) is 169 Å². The second-order valence-corrected chi connectivity index (χ2v) is 10.6. The number of guanidine groups is 1. The summed E-state index contributed by atoms with van der Waals surface area (Å²) in [6, 6.07) is 7.88. The van der Waals surface area contributed by atoms with Crippen LogP contribution in [0, 0.1) is 0 Å². The number of hydrogen-bond acceptors (Lipinski definition) is 6. The van der Waals surface area contributed by atoms with Crippen molar-refractivity contribution in [3.8, 4) is 0 Å². The molecule has 1 heterocycles. The van der Waals surface area contributed by atoms with Crippen molar-refractivity contribution in [2.24, 2.45) is 16.5 Å². The first-order chi connectivity index (χ1) is 16.8. The molecule has 6 N–H and O–H groups in total. The Morgan fingerprint density at radius 1 is 1.31 bits per heavy atom. The number of aliphatic imine (C=N–C) groups is 1. The number of nitrogens with one attached hydrogen (secondary N) is 2. The average Bonchev–Trinajstić information content (AvgIpc) is 2.97. The molecule has 1 fully saturated rings. The Balaban J connectivity index is 1.99. The molecule has 1 saturated heterocycles. The van der Waals surface area contributed by atoms with Crippen LogP contribution in [0.15, 0.2) is 35.3 Å². The maximum absolute atomic E-state index is 13.5. The van der Waals surface area contributed by atoms with Gasteiger partial charge in [0, 0.05) is 13.1 Å². The van der Waals surface area contributed by atoms with Crippen LogP contribution in [-0.4, -0.2) is 67.3 Å². The maximum atomic E-state index is 13.5. The SMILES string of the molecule is CCOP(=O)(Cc1ccccc1)NC1CCCCN(CC(=O)NC(C=O)CCCN=C(N)N)C1=O. The first kappa shape index (κ1) is 28.5. The Morgan fingerprint density at radius 3 is 2.71 bits per heavy atom. The molecule has 0 aromatic heterocycles. The fraction of sp³-hybridized carbons (Fsp3) is 0.565. The fourth-order valence-electron chi connectivity index (χ4n) is 3.90. The van der Waals surface area contributed by atoms with Crippen LogP contribution in [0.25, 0.3) is 0 Å². The molecule has 3 unspecified atom stereocenters. The first-order valence-corrected chi connectivity index (χ1v) is 13.7. The van der Waals surface area contributed by atoms with Gasteiger partial charge in [-0.3, -0.25) is 19.1 Å². The predicted octanol–water partition coefficient (Wildman–Crippen LogP) is 1.12. The van der Waals surface area contributed by atoms with E-state index in [1.807, 2.05) is 30.3 Å². The molecule has 0 spiro atoms. The van der Waals surface area contributed by atoms with Crippen molar-refractivity contribution in [1.29, 1.82) is 0 Å². The molecule has 0 radical (unpaired) electrons. The molecule has 1 aromatic carbocycles. The smallest absolute Gasteiger partial charge is 0.274 e. The van der Waals surface area contributed by atoms with E-state index in [2.05, 4.69) is 15.4 Å². The lowest BCUT2D eigenvalue weighted by Crippen LogP contribution is -2.49. The lowest BCUT2D eigenvalue weighted by Gasteiger charge is -2.28. The lowest BCUT2D eigenvalue weighted by atomic mass is 10.1. The van der Waals surface area contributed by atoms with Crippen LogP contribution in [0.5, 0.6) is 0 Å². The number of carbonyl (C=O) groups is 3. The van der Waals surface area contributed by atoms with Crippen molar-refractivity contribution in [3.05, 3.63) is 35.9 Å². The molecule has 0 aliphatic carbocycles. The van der Waals surface area contributed by atoms with Gasteiger partial charge >= 0.3 is 0 Å². The van der Waals surface area contributed by atoms with Crippen molar-refractivity contribution in [2.75, 3.05) is 26.2 Å². The Kier molecular flexibility index (Phi) is 11.9. The molecule has 35 heavy (non-hydrogen) atoms. The summed E-state index contributed by atoms with van der Waals surface area (Å²) < 4.78 is 19.1. The Labute approximate surface area is 206 Å². The van der Waals surface area contributed by atoms with Crippen molar-refractivity contribution in [2.45, 2.75) is 57.3 Å². The highest BCUT2D eigenvalue weighted by atomic mass is 31.2. The van der Waals surface area contributed by atoms with E-state index in [0.29, 0.717) is 45.1 Å². The zero-order valence-electron chi connectivity index (χ0n) is 20.2. The van der Waals surface area contributed by atoms with Crippen LogP contribution in [-0.2, 0) is 29.6 Å². The molecular formula is C23H37N6O5P. The lowest BCUT2D eigenvalue weighted by molar-refractivity contribution is -0.137. The van der Waals surface area contributed by atoms with Crippen molar-refractivity contribution >= 4 is 31.6 Å². The number of aldehydes is 1. The summed E-state index contributed by atoms with van der Waals surface area (Å²) in [6.45, 7) is 2.56. The van der Waals surface area contributed by atoms with E-state index in [4.69, 9.17) is 16.0 Å². The fourth-order valence-corrected chi connectivity index (χ4v) is 5.98. The third-order valence-corrected chi connectivity index (χ3v) is 7.68. The van der Waals surface area contributed by atoms with E-state index in [-0.39, 0.29) is 31.2 Å². The van der Waals surface area contributed by atoms with E-state index in [0.717, 1.165) is 12.0 Å². The highest BCUT2D eigenvalue weighted by molar-refractivity contribution is 7.56. The van der Waals surface area contributed by atoms with Gasteiger partial charge in [0.15, 0.2) is 5.96 Å². The number of likely N-dealkylation sites (tertiary alicyclic amines) is 1. The quantitative estimate of drug-likeness (QED) is 0.0953. The highest BCUT2D eigenvalue weighted by Crippen LogP contribution is 2.47. The highest BCUT2D eigenvalue weighted by Gasteiger charge is 2.34. The minimum atomic E-state index is -3.35. The summed E-state index contributed by atoms with van der Waals surface area (Å²) in [4.78, 5) is 42.5. The zero-order valence-corrected chi connectivity index (χ0v) is 21.1. The van der Waals surface area contributed by atoms with Gasteiger partial charge in [-0.15, -0.1) is 0 Å². The van der Waals surface area contributed by atoms with Gasteiger partial charge in [-0.1, -0.05) is 30.3 Å². The molecule has 2 amide bonds. The number of rotatable bonds is 14. The van der Waals surface area contributed by atoms with Gasteiger partial charge in [0.1, 0.15) is 6.29 Å². The van der Waals surface area contributed by atoms with E-state index < -0.39 is 25.5 Å². The number of nitrogens with two attached hydrogens (primary N) is 2. The second-order valence-electron chi connectivity index (χ2n) is 8.43. The predicted molar refractivity (Wildman–Crippen MR) is 135 cm³/mol. The molecule has 1 aliphatic heterocycles. The largest absolute Gasteiger partial charge is 0.370 e. The van der Waals surface area contributed by atoms with Crippen LogP contribution in [0.1, 0.15) is 44.6 Å². The van der Waals surface area contributed by atoms with Gasteiger partial charge in [0.05, 0.1) is 31.4 Å². The minimum absolute atomic E-state index is 0.0304. The first-order valence-electron chi connectivity index (χ1n) is 11.9. The molecule has 2 rings (SSSR count). The van der Waals surface area contributed by atoms with Gasteiger partial charge in [0.2, 0.25) is 11.8 Å². The summed E-state index contributed by atoms with van der Waals surface area (Å²) in [5.74, 6) is -0.770. The summed E-state index contributed by atoms with van der Waals surface area (Å²) >= 11 is 0. The number of nitrogens with zero attached hydrogens (tertiary/aromatic N) is 2. The number of hydrogen-bond donors (Lipinski definition) is 4. The van der Waals surface area contributed by atoms with Gasteiger partial charge in [-0.2, -0.15) is 0 Å². The summed E-state index contributed by atoms with van der Waals surface area (Å²) in [5, 5.41) is 5.64. The average molecular weight is 509 g/mol. The van der Waals surface area contributed by atoms with Crippen molar-refractivity contribution in [3.63, 3.8) is 0 Å². The molecule has 194 valence electrons. The van der Waals surface area contributed by atoms with Gasteiger partial charge in [0.25, 0.3) is 7.52 Å². The number of benzene rings is 1. The number of carbonyl (C=O) groups excluding carboxylic acids is 3. The third kappa shape index (κ3) is 10.2. The standard InChI is InChI=1S/C23H37N6O5P/c1-2-34-35(33,17-18-9-4-3-5-10-18)28-20-12-6-7-14-29(22(20)32)15-21(31)27-19(16-30)11-8-13-26-23(24)25/h3-5,9-10,16,19-20H,2,6-8,11-15,17H2,1H3,(H,27,31)(H,28,33)(H4,24,25,26). The van der Waals surface area contributed by atoms with Crippen molar-refractivity contribution in [1.82, 2.24) is 15.3 Å². The van der Waals surface area contributed by atoms with E-state index >= 15 is 0 Å². The van der Waals surface area contributed by atoms with Crippen LogP contribution in [0.4, 0.5) is 0 Å². The van der Waals surface area contributed by atoms with Crippen LogP contribution >= 0.6 is 7.52 Å². The van der Waals surface area contributed by atoms with Gasteiger partial charge in [-0.25, -0.2) is 5.09 Å². The molecule has 0 saturated carbocycles. The molecule has 1 aromatic rings. The van der Waals surface area contributed by atoms with Gasteiger partial charge < -0.3 is 31.0 Å². The van der Waals surface area contributed by atoms with Crippen molar-refractivity contribution < 1.29 is 23.5 Å². The summed E-state index contributed by atoms with van der Waals surface area (Å²) in [7, 11) is -3.35. The maximum Gasteiger partial charge on any atom is 0.274 e. The summed E-state index contributed by atoms with van der Waals surface area (Å²) in [5.41, 5.74) is 11.4. The molecule has 11 nitrogen and oxygen atoms in total. The van der Waals surface area contributed by atoms with E-state index in [1.54, 1.807) is 6.92 Å². The molecule has 3 atom stereocenters. The van der Waals surface area contributed by atoms with Crippen LogP contribution in [0.2, 0.25) is 0 Å². The Morgan fingerprint density at radius 2 is 2.06 bits per heavy atom. The Hall–Kier alpha value is -2.75.